The summed E-state index contributed by atoms with van der Waals surface area (Å²) in [7, 11) is 0. The third kappa shape index (κ3) is 3.05. The van der Waals surface area contributed by atoms with E-state index >= 15 is 0 Å². The Morgan fingerprint density at radius 3 is 2.86 bits per heavy atom. The van der Waals surface area contributed by atoms with Crippen LogP contribution < -0.4 is 11.0 Å². The fourth-order valence-corrected chi connectivity index (χ4v) is 3.16. The molecule has 1 saturated carbocycles. The highest BCUT2D eigenvalue weighted by Crippen LogP contribution is 2.23. The average molecular weight is 305 g/mol. The standard InChI is InChI=1S/C16H20FN3O2/c17-12-6-7-14-13(10-12)19-16(22)20(14)9-8-18-15(21)11-4-2-1-3-5-11/h6-7,10-11H,1-5,8-9H2,(H,18,21)(H,19,22). The second-order valence-corrected chi connectivity index (χ2v) is 5.87. The largest absolute Gasteiger partial charge is 0.354 e. The molecular formula is C16H20FN3O2. The van der Waals surface area contributed by atoms with Gasteiger partial charge in [-0.25, -0.2) is 9.18 Å². The SMILES string of the molecule is O=C(NCCn1c(=O)[nH]c2cc(F)ccc21)C1CCCCC1. The summed E-state index contributed by atoms with van der Waals surface area (Å²) in [6.45, 7) is 0.780. The van der Waals surface area contributed by atoms with E-state index in [0.717, 1.165) is 25.7 Å². The van der Waals surface area contributed by atoms with E-state index in [-0.39, 0.29) is 23.3 Å². The number of imidazole rings is 1. The van der Waals surface area contributed by atoms with Gasteiger partial charge in [0.05, 0.1) is 11.0 Å². The van der Waals surface area contributed by atoms with E-state index in [4.69, 9.17) is 0 Å². The fourth-order valence-electron chi connectivity index (χ4n) is 3.16. The Bertz CT molecular complexity index is 729. The fraction of sp³-hybridized carbons (Fsp3) is 0.500. The van der Waals surface area contributed by atoms with Crippen LogP contribution in [0.5, 0.6) is 0 Å². The molecule has 1 aliphatic carbocycles. The molecule has 0 aliphatic heterocycles. The lowest BCUT2D eigenvalue weighted by molar-refractivity contribution is -0.125. The van der Waals surface area contributed by atoms with Crippen molar-refractivity contribution in [2.45, 2.75) is 38.6 Å². The van der Waals surface area contributed by atoms with Gasteiger partial charge < -0.3 is 10.3 Å². The Labute approximate surface area is 127 Å². The van der Waals surface area contributed by atoms with Crippen molar-refractivity contribution in [3.05, 3.63) is 34.5 Å². The number of aromatic amines is 1. The van der Waals surface area contributed by atoms with Crippen molar-refractivity contribution in [1.29, 1.82) is 0 Å². The molecule has 1 amide bonds. The summed E-state index contributed by atoms with van der Waals surface area (Å²) in [5.74, 6) is -0.187. The topological polar surface area (TPSA) is 66.9 Å². The number of hydrogen-bond acceptors (Lipinski definition) is 2. The van der Waals surface area contributed by atoms with Crippen molar-refractivity contribution in [2.24, 2.45) is 5.92 Å². The smallest absolute Gasteiger partial charge is 0.326 e. The summed E-state index contributed by atoms with van der Waals surface area (Å²) < 4.78 is 14.7. The number of hydrogen-bond donors (Lipinski definition) is 2. The van der Waals surface area contributed by atoms with Crippen LogP contribution in [0.25, 0.3) is 11.0 Å². The van der Waals surface area contributed by atoms with Gasteiger partial charge in [0.15, 0.2) is 0 Å². The predicted molar refractivity (Wildman–Crippen MR) is 82.1 cm³/mol. The highest BCUT2D eigenvalue weighted by molar-refractivity contribution is 5.78. The maximum atomic E-state index is 13.2. The Balaban J connectivity index is 1.63. The van der Waals surface area contributed by atoms with Crippen molar-refractivity contribution < 1.29 is 9.18 Å². The molecule has 22 heavy (non-hydrogen) atoms. The molecule has 0 bridgehead atoms. The number of amides is 1. The van der Waals surface area contributed by atoms with E-state index in [2.05, 4.69) is 10.3 Å². The Kier molecular flexibility index (Phi) is 4.27. The summed E-state index contributed by atoms with van der Waals surface area (Å²) in [5, 5.41) is 2.91. The highest BCUT2D eigenvalue weighted by Gasteiger charge is 2.20. The lowest BCUT2D eigenvalue weighted by atomic mass is 9.89. The molecule has 1 aliphatic rings. The van der Waals surface area contributed by atoms with Crippen LogP contribution in [0.3, 0.4) is 0 Å². The molecule has 1 aromatic carbocycles. The number of fused-ring (bicyclic) bond motifs is 1. The third-order valence-corrected chi connectivity index (χ3v) is 4.35. The maximum Gasteiger partial charge on any atom is 0.326 e. The zero-order valence-corrected chi connectivity index (χ0v) is 12.4. The van der Waals surface area contributed by atoms with Gasteiger partial charge in [0, 0.05) is 19.0 Å². The van der Waals surface area contributed by atoms with Crippen molar-refractivity contribution >= 4 is 16.9 Å². The second kappa shape index (κ2) is 6.34. The lowest BCUT2D eigenvalue weighted by Crippen LogP contribution is -2.35. The number of benzene rings is 1. The Hall–Kier alpha value is -2.11. The summed E-state index contributed by atoms with van der Waals surface area (Å²) in [4.78, 5) is 26.6. The van der Waals surface area contributed by atoms with E-state index in [0.29, 0.717) is 24.1 Å². The van der Waals surface area contributed by atoms with Gasteiger partial charge in [-0.3, -0.25) is 9.36 Å². The summed E-state index contributed by atoms with van der Waals surface area (Å²) in [6, 6.07) is 4.20. The molecule has 2 aromatic rings. The Morgan fingerprint density at radius 2 is 2.09 bits per heavy atom. The minimum atomic E-state index is -0.383. The van der Waals surface area contributed by atoms with Crippen LogP contribution in [0.15, 0.2) is 23.0 Å². The monoisotopic (exact) mass is 305 g/mol. The molecule has 0 spiro atoms. The van der Waals surface area contributed by atoms with Crippen molar-refractivity contribution in [1.82, 2.24) is 14.9 Å². The summed E-state index contributed by atoms with van der Waals surface area (Å²) >= 11 is 0. The average Bonchev–Trinajstić information content (AvgIpc) is 2.83. The van der Waals surface area contributed by atoms with E-state index < -0.39 is 0 Å². The summed E-state index contributed by atoms with van der Waals surface area (Å²) in [6.07, 6.45) is 5.36. The summed E-state index contributed by atoms with van der Waals surface area (Å²) in [5.41, 5.74) is 0.842. The first-order chi connectivity index (χ1) is 10.6. The lowest BCUT2D eigenvalue weighted by Gasteiger charge is -2.20. The minimum absolute atomic E-state index is 0.0821. The highest BCUT2D eigenvalue weighted by atomic mass is 19.1. The van der Waals surface area contributed by atoms with Gasteiger partial charge in [0.1, 0.15) is 5.82 Å². The predicted octanol–water partition coefficient (Wildman–Crippen LogP) is 2.17. The molecule has 0 radical (unpaired) electrons. The molecule has 1 aromatic heterocycles. The van der Waals surface area contributed by atoms with Crippen LogP contribution in [0.1, 0.15) is 32.1 Å². The van der Waals surface area contributed by atoms with Gasteiger partial charge in [-0.15, -0.1) is 0 Å². The maximum absolute atomic E-state index is 13.2. The van der Waals surface area contributed by atoms with Crippen molar-refractivity contribution in [3.63, 3.8) is 0 Å². The number of carbonyl (C=O) groups excluding carboxylic acids is 1. The molecule has 0 saturated heterocycles. The molecule has 5 nitrogen and oxygen atoms in total. The van der Waals surface area contributed by atoms with E-state index in [1.54, 1.807) is 6.07 Å². The van der Waals surface area contributed by atoms with Crippen LogP contribution in [0.4, 0.5) is 4.39 Å². The van der Waals surface area contributed by atoms with Gasteiger partial charge in [0.25, 0.3) is 0 Å². The number of carbonyl (C=O) groups is 1. The van der Waals surface area contributed by atoms with Gasteiger partial charge in [-0.05, 0) is 31.0 Å². The molecule has 6 heteroatoms. The van der Waals surface area contributed by atoms with E-state index in [9.17, 15) is 14.0 Å². The van der Waals surface area contributed by atoms with Crippen LogP contribution >= 0.6 is 0 Å². The first kappa shape index (κ1) is 14.8. The first-order valence-corrected chi connectivity index (χ1v) is 7.81. The number of rotatable bonds is 4. The quantitative estimate of drug-likeness (QED) is 0.909. The van der Waals surface area contributed by atoms with Gasteiger partial charge >= 0.3 is 5.69 Å². The van der Waals surface area contributed by atoms with Crippen LogP contribution in [0.2, 0.25) is 0 Å². The van der Waals surface area contributed by atoms with Gasteiger partial charge in [-0.1, -0.05) is 19.3 Å². The minimum Gasteiger partial charge on any atom is -0.354 e. The van der Waals surface area contributed by atoms with E-state index in [1.807, 2.05) is 0 Å². The number of nitrogens with zero attached hydrogens (tertiary/aromatic N) is 1. The number of halogens is 1. The number of H-pyrrole nitrogens is 1. The normalized spacial score (nSPS) is 16.0. The molecule has 3 rings (SSSR count). The van der Waals surface area contributed by atoms with E-state index in [1.165, 1.54) is 23.1 Å². The molecule has 118 valence electrons. The molecular weight excluding hydrogens is 285 g/mol. The second-order valence-electron chi connectivity index (χ2n) is 5.87. The van der Waals surface area contributed by atoms with Crippen LogP contribution in [0, 0.1) is 11.7 Å². The van der Waals surface area contributed by atoms with Crippen molar-refractivity contribution in [2.75, 3.05) is 6.54 Å². The van der Waals surface area contributed by atoms with Gasteiger partial charge in [0.2, 0.25) is 5.91 Å². The third-order valence-electron chi connectivity index (χ3n) is 4.35. The first-order valence-electron chi connectivity index (χ1n) is 7.81. The zero-order valence-electron chi connectivity index (χ0n) is 12.4. The van der Waals surface area contributed by atoms with Crippen LogP contribution in [-0.2, 0) is 11.3 Å². The molecule has 1 fully saturated rings. The van der Waals surface area contributed by atoms with Crippen LogP contribution in [-0.4, -0.2) is 22.0 Å². The number of nitrogens with one attached hydrogen (secondary N) is 2. The zero-order chi connectivity index (χ0) is 15.5. The van der Waals surface area contributed by atoms with Gasteiger partial charge in [-0.2, -0.15) is 0 Å². The molecule has 0 atom stereocenters. The Morgan fingerprint density at radius 1 is 1.32 bits per heavy atom. The molecule has 0 unspecified atom stereocenters. The molecule has 1 heterocycles. The molecule has 2 N–H and O–H groups in total. The van der Waals surface area contributed by atoms with Crippen molar-refractivity contribution in [3.8, 4) is 0 Å². The number of aromatic nitrogens is 2.